The van der Waals surface area contributed by atoms with Crippen LogP contribution in [0.2, 0.25) is 0 Å². The molecular formula is C9H13BrN2O2S2. The highest BCUT2D eigenvalue weighted by atomic mass is 79.9. The lowest BCUT2D eigenvalue weighted by Gasteiger charge is -2.09. The molecule has 0 aromatic carbocycles. The number of nitrogens with one attached hydrogen (secondary N) is 2. The van der Waals surface area contributed by atoms with Crippen molar-refractivity contribution in [3.8, 4) is 0 Å². The minimum absolute atomic E-state index is 0.360. The van der Waals surface area contributed by atoms with E-state index in [4.69, 9.17) is 0 Å². The topological polar surface area (TPSA) is 58.2 Å². The van der Waals surface area contributed by atoms with E-state index in [1.54, 1.807) is 11.4 Å². The van der Waals surface area contributed by atoms with Gasteiger partial charge in [0.2, 0.25) is 0 Å². The molecule has 1 aromatic heterocycles. The van der Waals surface area contributed by atoms with Crippen molar-refractivity contribution in [1.82, 2.24) is 10.0 Å². The molecule has 1 aliphatic heterocycles. The maximum Gasteiger partial charge on any atom is 0.251 e. The van der Waals surface area contributed by atoms with Crippen LogP contribution in [0.4, 0.5) is 0 Å². The third-order valence-corrected chi connectivity index (χ3v) is 6.65. The highest BCUT2D eigenvalue weighted by molar-refractivity contribution is 9.10. The molecule has 1 aliphatic rings. The summed E-state index contributed by atoms with van der Waals surface area (Å²) in [5.74, 6) is 0.411. The van der Waals surface area contributed by atoms with Gasteiger partial charge in [-0.3, -0.25) is 0 Å². The molecule has 0 aliphatic carbocycles. The molecule has 0 radical (unpaired) electrons. The molecule has 1 fully saturated rings. The molecule has 2 rings (SSSR count). The van der Waals surface area contributed by atoms with Crippen LogP contribution in [0.25, 0.3) is 0 Å². The molecule has 0 amide bonds. The average Bonchev–Trinajstić information content (AvgIpc) is 2.85. The van der Waals surface area contributed by atoms with Gasteiger partial charge in [0.25, 0.3) is 10.0 Å². The van der Waals surface area contributed by atoms with Gasteiger partial charge in [-0.25, -0.2) is 13.1 Å². The van der Waals surface area contributed by atoms with Crippen LogP contribution >= 0.6 is 27.3 Å². The molecule has 1 aromatic rings. The van der Waals surface area contributed by atoms with E-state index < -0.39 is 10.0 Å². The predicted octanol–water partition coefficient (Wildman–Crippen LogP) is 1.40. The van der Waals surface area contributed by atoms with Crippen molar-refractivity contribution in [3.05, 3.63) is 15.9 Å². The molecule has 0 saturated carbocycles. The first kappa shape index (κ1) is 12.5. The summed E-state index contributed by atoms with van der Waals surface area (Å²) in [6.45, 7) is 2.39. The van der Waals surface area contributed by atoms with Crippen LogP contribution in [0, 0.1) is 5.92 Å². The molecule has 90 valence electrons. The molecule has 2 N–H and O–H groups in total. The van der Waals surface area contributed by atoms with Gasteiger partial charge in [0.1, 0.15) is 4.21 Å². The summed E-state index contributed by atoms with van der Waals surface area (Å²) in [5.41, 5.74) is 0. The first-order valence-corrected chi connectivity index (χ1v) is 8.18. The van der Waals surface area contributed by atoms with Crippen molar-refractivity contribution >= 4 is 37.3 Å². The van der Waals surface area contributed by atoms with Crippen LogP contribution in [0.15, 0.2) is 20.1 Å². The second-order valence-electron chi connectivity index (χ2n) is 3.77. The lowest BCUT2D eigenvalue weighted by atomic mass is 10.1. The van der Waals surface area contributed by atoms with E-state index in [0.29, 0.717) is 21.1 Å². The first-order chi connectivity index (χ1) is 7.59. The number of thiophene rings is 1. The molecule has 1 saturated heterocycles. The van der Waals surface area contributed by atoms with E-state index in [1.165, 1.54) is 11.3 Å². The van der Waals surface area contributed by atoms with Crippen molar-refractivity contribution in [2.75, 3.05) is 19.6 Å². The summed E-state index contributed by atoms with van der Waals surface area (Å²) < 4.78 is 27.5. The van der Waals surface area contributed by atoms with E-state index in [9.17, 15) is 8.42 Å². The Morgan fingerprint density at radius 2 is 2.44 bits per heavy atom. The average molecular weight is 325 g/mol. The lowest BCUT2D eigenvalue weighted by molar-refractivity contribution is 0.540. The molecule has 1 atom stereocenters. The zero-order valence-electron chi connectivity index (χ0n) is 8.57. The summed E-state index contributed by atoms with van der Waals surface area (Å²) in [6, 6.07) is 1.75. The first-order valence-electron chi connectivity index (χ1n) is 5.03. The Morgan fingerprint density at radius 3 is 3.00 bits per heavy atom. The summed E-state index contributed by atoms with van der Waals surface area (Å²) >= 11 is 4.46. The van der Waals surface area contributed by atoms with Crippen LogP contribution < -0.4 is 10.0 Å². The fraction of sp³-hybridized carbons (Fsp3) is 0.556. The fourth-order valence-corrected chi connectivity index (χ4v) is 5.15. The van der Waals surface area contributed by atoms with Crippen molar-refractivity contribution < 1.29 is 8.42 Å². The SMILES string of the molecule is O=S(=O)(NCC1CCNC1)c1sccc1Br. The Balaban J connectivity index is 2.00. The van der Waals surface area contributed by atoms with E-state index in [2.05, 4.69) is 26.0 Å². The van der Waals surface area contributed by atoms with Gasteiger partial charge in [-0.15, -0.1) is 11.3 Å². The molecule has 2 heterocycles. The molecule has 7 heteroatoms. The van der Waals surface area contributed by atoms with Crippen molar-refractivity contribution in [3.63, 3.8) is 0 Å². The van der Waals surface area contributed by atoms with Crippen LogP contribution in [-0.2, 0) is 10.0 Å². The second-order valence-corrected chi connectivity index (χ2v) is 7.50. The molecule has 0 spiro atoms. The van der Waals surface area contributed by atoms with Gasteiger partial charge in [-0.1, -0.05) is 0 Å². The molecule has 1 unspecified atom stereocenters. The highest BCUT2D eigenvalue weighted by Crippen LogP contribution is 2.27. The van der Waals surface area contributed by atoms with Crippen molar-refractivity contribution in [2.24, 2.45) is 5.92 Å². The van der Waals surface area contributed by atoms with Gasteiger partial charge in [-0.2, -0.15) is 0 Å². The standard InChI is InChI=1S/C9H13BrN2O2S2/c10-8-2-4-15-9(8)16(13,14)12-6-7-1-3-11-5-7/h2,4,7,11-12H,1,3,5-6H2. The Hall–Kier alpha value is 0.0500. The maximum absolute atomic E-state index is 11.9. The van der Waals surface area contributed by atoms with Crippen LogP contribution in [-0.4, -0.2) is 28.1 Å². The third-order valence-electron chi connectivity index (χ3n) is 2.55. The largest absolute Gasteiger partial charge is 0.316 e. The lowest BCUT2D eigenvalue weighted by Crippen LogP contribution is -2.30. The molecule has 0 bridgehead atoms. The monoisotopic (exact) mass is 324 g/mol. The zero-order valence-corrected chi connectivity index (χ0v) is 11.8. The highest BCUT2D eigenvalue weighted by Gasteiger charge is 2.22. The third kappa shape index (κ3) is 2.84. The van der Waals surface area contributed by atoms with Crippen molar-refractivity contribution in [2.45, 2.75) is 10.6 Å². The number of hydrogen-bond acceptors (Lipinski definition) is 4. The summed E-state index contributed by atoms with van der Waals surface area (Å²) in [7, 11) is -3.34. The minimum Gasteiger partial charge on any atom is -0.316 e. The van der Waals surface area contributed by atoms with E-state index in [-0.39, 0.29) is 0 Å². The number of sulfonamides is 1. The predicted molar refractivity (Wildman–Crippen MR) is 68.2 cm³/mol. The normalized spacial score (nSPS) is 21.4. The Kier molecular flexibility index (Phi) is 4.01. The van der Waals surface area contributed by atoms with E-state index in [0.717, 1.165) is 19.5 Å². The number of rotatable bonds is 4. The maximum atomic E-state index is 11.9. The molecular weight excluding hydrogens is 312 g/mol. The Morgan fingerprint density at radius 1 is 1.62 bits per heavy atom. The summed E-state index contributed by atoms with van der Waals surface area (Å²) in [6.07, 6.45) is 1.04. The second kappa shape index (κ2) is 5.14. The van der Waals surface area contributed by atoms with Gasteiger partial charge in [-0.05, 0) is 52.8 Å². The zero-order chi connectivity index (χ0) is 11.6. The van der Waals surface area contributed by atoms with Crippen LogP contribution in [0.3, 0.4) is 0 Å². The van der Waals surface area contributed by atoms with Gasteiger partial charge in [0.15, 0.2) is 0 Å². The smallest absolute Gasteiger partial charge is 0.251 e. The van der Waals surface area contributed by atoms with Crippen LogP contribution in [0.1, 0.15) is 6.42 Å². The summed E-state index contributed by atoms with van der Waals surface area (Å²) in [5, 5.41) is 4.97. The fourth-order valence-electron chi connectivity index (χ4n) is 1.65. The van der Waals surface area contributed by atoms with E-state index >= 15 is 0 Å². The van der Waals surface area contributed by atoms with Gasteiger partial charge in [0, 0.05) is 11.0 Å². The van der Waals surface area contributed by atoms with Gasteiger partial charge in [0.05, 0.1) is 0 Å². The Labute approximate surface area is 108 Å². The number of hydrogen-bond donors (Lipinski definition) is 2. The van der Waals surface area contributed by atoms with Crippen molar-refractivity contribution in [1.29, 1.82) is 0 Å². The van der Waals surface area contributed by atoms with E-state index in [1.807, 2.05) is 0 Å². The number of halogens is 1. The quantitative estimate of drug-likeness (QED) is 0.880. The Bertz CT molecular complexity index is 452. The molecule has 4 nitrogen and oxygen atoms in total. The summed E-state index contributed by atoms with van der Waals surface area (Å²) in [4.78, 5) is 0. The minimum atomic E-state index is -3.34. The molecule has 16 heavy (non-hydrogen) atoms. The van der Waals surface area contributed by atoms with Gasteiger partial charge >= 0.3 is 0 Å². The van der Waals surface area contributed by atoms with Gasteiger partial charge < -0.3 is 5.32 Å². The van der Waals surface area contributed by atoms with Crippen LogP contribution in [0.5, 0.6) is 0 Å².